The Labute approximate surface area is 122 Å². The molecule has 0 aliphatic heterocycles. The highest BCUT2D eigenvalue weighted by Gasteiger charge is 2.18. The van der Waals surface area contributed by atoms with Crippen LogP contribution in [0, 0.1) is 5.92 Å². The van der Waals surface area contributed by atoms with Gasteiger partial charge >= 0.3 is 0 Å². The summed E-state index contributed by atoms with van der Waals surface area (Å²) in [5.41, 5.74) is 0. The van der Waals surface area contributed by atoms with Crippen LogP contribution in [-0.4, -0.2) is 26.3 Å². The topological polar surface area (TPSA) is 30.5 Å². The highest BCUT2D eigenvalue weighted by molar-refractivity contribution is 5.31. The Morgan fingerprint density at radius 1 is 1.05 bits per heavy atom. The van der Waals surface area contributed by atoms with Crippen LogP contribution >= 0.6 is 0 Å². The normalized spacial score (nSPS) is 22.5. The highest BCUT2D eigenvalue weighted by Crippen LogP contribution is 2.26. The summed E-state index contributed by atoms with van der Waals surface area (Å²) in [4.78, 5) is 0. The molecule has 3 heteroatoms. The molecule has 1 aliphatic rings. The molecule has 1 aromatic rings. The molecule has 0 heterocycles. The van der Waals surface area contributed by atoms with E-state index in [1.165, 1.54) is 32.1 Å². The second-order valence-corrected chi connectivity index (χ2v) is 5.60. The van der Waals surface area contributed by atoms with E-state index in [2.05, 4.69) is 12.2 Å². The lowest BCUT2D eigenvalue weighted by molar-refractivity contribution is 0.260. The summed E-state index contributed by atoms with van der Waals surface area (Å²) in [6.45, 7) is 3.95. The first-order valence-electron chi connectivity index (χ1n) is 7.82. The van der Waals surface area contributed by atoms with E-state index in [0.29, 0.717) is 6.04 Å². The summed E-state index contributed by atoms with van der Waals surface area (Å²) in [5, 5.41) is 3.61. The summed E-state index contributed by atoms with van der Waals surface area (Å²) in [5.74, 6) is 2.73. The monoisotopic (exact) mass is 277 g/mol. The molecular formula is C17H27NO2. The second kappa shape index (κ2) is 8.15. The Kier molecular flexibility index (Phi) is 6.19. The molecule has 0 bridgehead atoms. The highest BCUT2D eigenvalue weighted by atomic mass is 16.5. The van der Waals surface area contributed by atoms with E-state index in [0.717, 1.165) is 30.6 Å². The predicted octanol–water partition coefficient (Wildman–Crippen LogP) is 3.63. The average molecular weight is 277 g/mol. The number of nitrogens with one attached hydrogen (secondary N) is 1. The van der Waals surface area contributed by atoms with Crippen LogP contribution < -0.4 is 14.8 Å². The minimum Gasteiger partial charge on any atom is -0.497 e. The lowest BCUT2D eigenvalue weighted by Gasteiger charge is -2.28. The quantitative estimate of drug-likeness (QED) is 0.772. The van der Waals surface area contributed by atoms with Gasteiger partial charge in [0.15, 0.2) is 0 Å². The van der Waals surface area contributed by atoms with Crippen LogP contribution in [0.1, 0.15) is 39.0 Å². The molecule has 0 spiro atoms. The van der Waals surface area contributed by atoms with E-state index in [4.69, 9.17) is 9.47 Å². The van der Waals surface area contributed by atoms with Gasteiger partial charge in [-0.05, 0) is 55.9 Å². The van der Waals surface area contributed by atoms with Crippen molar-refractivity contribution in [2.75, 3.05) is 20.3 Å². The first kappa shape index (κ1) is 15.2. The van der Waals surface area contributed by atoms with E-state index in [9.17, 15) is 0 Å². The molecular weight excluding hydrogens is 250 g/mol. The predicted molar refractivity (Wildman–Crippen MR) is 82.5 cm³/mol. The Balaban J connectivity index is 1.59. The third-order valence-corrected chi connectivity index (χ3v) is 4.29. The molecule has 1 aromatic carbocycles. The Morgan fingerprint density at radius 2 is 1.70 bits per heavy atom. The summed E-state index contributed by atoms with van der Waals surface area (Å²) in [6, 6.07) is 8.44. The summed E-state index contributed by atoms with van der Waals surface area (Å²) < 4.78 is 10.8. The van der Waals surface area contributed by atoms with Gasteiger partial charge in [-0.15, -0.1) is 0 Å². The number of methoxy groups -OCH3 is 1. The zero-order valence-electron chi connectivity index (χ0n) is 12.7. The smallest absolute Gasteiger partial charge is 0.119 e. The molecule has 20 heavy (non-hydrogen) atoms. The third-order valence-electron chi connectivity index (χ3n) is 4.29. The fourth-order valence-corrected chi connectivity index (χ4v) is 2.88. The van der Waals surface area contributed by atoms with Gasteiger partial charge in [-0.3, -0.25) is 0 Å². The molecule has 0 radical (unpaired) electrons. The maximum absolute atomic E-state index is 5.72. The van der Waals surface area contributed by atoms with Crippen molar-refractivity contribution in [2.45, 2.75) is 45.1 Å². The molecule has 0 aromatic heterocycles. The summed E-state index contributed by atoms with van der Waals surface area (Å²) >= 11 is 0. The minimum absolute atomic E-state index is 0.692. The Morgan fingerprint density at radius 3 is 2.30 bits per heavy atom. The van der Waals surface area contributed by atoms with E-state index >= 15 is 0 Å². The molecule has 0 unspecified atom stereocenters. The van der Waals surface area contributed by atoms with Crippen molar-refractivity contribution in [3.05, 3.63) is 24.3 Å². The lowest BCUT2D eigenvalue weighted by Crippen LogP contribution is -2.35. The van der Waals surface area contributed by atoms with Crippen LogP contribution in [0.2, 0.25) is 0 Å². The molecule has 112 valence electrons. The van der Waals surface area contributed by atoms with Crippen LogP contribution in [0.3, 0.4) is 0 Å². The van der Waals surface area contributed by atoms with E-state index in [1.54, 1.807) is 7.11 Å². The SMILES string of the molecule is CCC1CCC(NCCOc2ccc(OC)cc2)CC1. The molecule has 0 saturated heterocycles. The zero-order valence-corrected chi connectivity index (χ0v) is 12.7. The van der Waals surface area contributed by atoms with Crippen molar-refractivity contribution >= 4 is 0 Å². The molecule has 3 nitrogen and oxygen atoms in total. The number of rotatable bonds is 7. The molecule has 1 N–H and O–H groups in total. The van der Waals surface area contributed by atoms with Crippen molar-refractivity contribution in [3.63, 3.8) is 0 Å². The maximum Gasteiger partial charge on any atom is 0.119 e. The standard InChI is InChI=1S/C17H27NO2/c1-3-14-4-6-15(7-5-14)18-12-13-20-17-10-8-16(19-2)9-11-17/h8-11,14-15,18H,3-7,12-13H2,1-2H3. The van der Waals surface area contributed by atoms with E-state index in [1.807, 2.05) is 24.3 Å². The number of ether oxygens (including phenoxy) is 2. The van der Waals surface area contributed by atoms with Crippen molar-refractivity contribution in [1.29, 1.82) is 0 Å². The van der Waals surface area contributed by atoms with Gasteiger partial charge in [0.05, 0.1) is 7.11 Å². The maximum atomic E-state index is 5.72. The number of hydrogen-bond acceptors (Lipinski definition) is 3. The van der Waals surface area contributed by atoms with Gasteiger partial charge < -0.3 is 14.8 Å². The van der Waals surface area contributed by atoms with Gasteiger partial charge in [-0.1, -0.05) is 13.3 Å². The van der Waals surface area contributed by atoms with Gasteiger partial charge in [0.1, 0.15) is 18.1 Å². The molecule has 1 fully saturated rings. The van der Waals surface area contributed by atoms with Gasteiger partial charge in [-0.2, -0.15) is 0 Å². The Hall–Kier alpha value is -1.22. The fourth-order valence-electron chi connectivity index (χ4n) is 2.88. The van der Waals surface area contributed by atoms with E-state index < -0.39 is 0 Å². The van der Waals surface area contributed by atoms with Gasteiger partial charge in [0.2, 0.25) is 0 Å². The lowest BCUT2D eigenvalue weighted by atomic mass is 9.84. The number of benzene rings is 1. The molecule has 0 atom stereocenters. The summed E-state index contributed by atoms with van der Waals surface area (Å²) in [7, 11) is 1.67. The third kappa shape index (κ3) is 4.71. The molecule has 1 saturated carbocycles. The minimum atomic E-state index is 0.692. The second-order valence-electron chi connectivity index (χ2n) is 5.60. The van der Waals surface area contributed by atoms with Gasteiger partial charge in [-0.25, -0.2) is 0 Å². The van der Waals surface area contributed by atoms with Crippen LogP contribution in [0.5, 0.6) is 11.5 Å². The van der Waals surface area contributed by atoms with Gasteiger partial charge in [0.25, 0.3) is 0 Å². The molecule has 0 amide bonds. The van der Waals surface area contributed by atoms with Crippen molar-refractivity contribution in [1.82, 2.24) is 5.32 Å². The van der Waals surface area contributed by atoms with Crippen molar-refractivity contribution in [3.8, 4) is 11.5 Å². The van der Waals surface area contributed by atoms with Crippen LogP contribution in [0.4, 0.5) is 0 Å². The summed E-state index contributed by atoms with van der Waals surface area (Å²) in [6.07, 6.45) is 6.75. The Bertz CT molecular complexity index is 369. The first-order valence-corrected chi connectivity index (χ1v) is 7.82. The van der Waals surface area contributed by atoms with Crippen LogP contribution in [-0.2, 0) is 0 Å². The molecule has 1 aliphatic carbocycles. The van der Waals surface area contributed by atoms with Gasteiger partial charge in [0, 0.05) is 12.6 Å². The first-order chi connectivity index (χ1) is 9.81. The van der Waals surface area contributed by atoms with Crippen LogP contribution in [0.15, 0.2) is 24.3 Å². The fraction of sp³-hybridized carbons (Fsp3) is 0.647. The average Bonchev–Trinajstić information content (AvgIpc) is 2.53. The zero-order chi connectivity index (χ0) is 14.2. The van der Waals surface area contributed by atoms with Crippen molar-refractivity contribution in [2.24, 2.45) is 5.92 Å². The molecule has 2 rings (SSSR count). The van der Waals surface area contributed by atoms with Crippen LogP contribution in [0.25, 0.3) is 0 Å². The number of hydrogen-bond donors (Lipinski definition) is 1. The van der Waals surface area contributed by atoms with Crippen molar-refractivity contribution < 1.29 is 9.47 Å². The largest absolute Gasteiger partial charge is 0.497 e. The van der Waals surface area contributed by atoms with E-state index in [-0.39, 0.29) is 0 Å².